The maximum Gasteiger partial charge on any atom is 0.416 e. The number of carbonyl (C=O) groups excluding carboxylic acids is 4. The highest BCUT2D eigenvalue weighted by molar-refractivity contribution is 8.00. The van der Waals surface area contributed by atoms with E-state index in [1.165, 1.54) is 31.5 Å². The molecular formula is C60H49Cl3F7N9O12S3. The van der Waals surface area contributed by atoms with Gasteiger partial charge in [0.1, 0.15) is 33.7 Å². The minimum absolute atomic E-state index is 0.0605. The van der Waals surface area contributed by atoms with Gasteiger partial charge in [0.15, 0.2) is 12.0 Å². The third-order valence-electron chi connectivity index (χ3n) is 12.6. The number of halogens is 10. The Balaban J connectivity index is 0.000000179. The standard InChI is InChI=1S/C18H14F3NO2.C15H10ClF3N2O6S.C15H15ClFN3O3S2.C12H10ClN3O/c1-22-17-14(12-8-5-9-13(10-12)18(19,20)21)15(23)16(24-17)11-6-3-2-4-7-11;1-28(25,26)20-14(22)10-7-9(3-4-12(10)21(23)24)27-13-5-2-8(6-11(13)16)15(17,18)19;1-23-13(21)8-24-12-7-11(10(17)6-9(12)16)18-14-19-4-2-3-5-20(19)15(22)25-14;13-11-8-10(6-7-14-11)16-12(17)15-9-4-2-1-3-5-9/h2-10,16,22H,1H3;2-7H,1H3,(H,20,22);6-7H,2-5,8H2,1H3;1-8H,(H2,14,15,16,17). The summed E-state index contributed by atoms with van der Waals surface area (Å²) in [6, 6.07) is 33.3. The molecule has 34 heteroatoms. The summed E-state index contributed by atoms with van der Waals surface area (Å²) >= 11 is 19.6. The van der Waals surface area contributed by atoms with Gasteiger partial charge in [0.25, 0.3) is 11.6 Å². The van der Waals surface area contributed by atoms with Crippen molar-refractivity contribution < 1.29 is 77.5 Å². The van der Waals surface area contributed by atoms with Crippen molar-refractivity contribution >= 4 is 120 Å². The van der Waals surface area contributed by atoms with Gasteiger partial charge in [0.2, 0.25) is 20.6 Å². The molecule has 0 fully saturated rings. The van der Waals surface area contributed by atoms with Crippen LogP contribution in [0.3, 0.4) is 0 Å². The number of pyridine rings is 1. The molecule has 0 radical (unpaired) electrons. The number of carbonyl (C=O) groups is 4. The van der Waals surface area contributed by atoms with E-state index >= 15 is 0 Å². The number of para-hydroxylation sites is 1. The molecule has 4 heterocycles. The third kappa shape index (κ3) is 20.1. The number of anilines is 2. The van der Waals surface area contributed by atoms with Crippen LogP contribution in [0.25, 0.3) is 5.57 Å². The van der Waals surface area contributed by atoms with E-state index in [2.05, 4.69) is 30.7 Å². The molecule has 94 heavy (non-hydrogen) atoms. The van der Waals surface area contributed by atoms with Crippen LogP contribution in [0.4, 0.5) is 58.3 Å². The molecule has 4 N–H and O–H groups in total. The van der Waals surface area contributed by atoms with Crippen LogP contribution >= 0.6 is 57.9 Å². The third-order valence-corrected chi connectivity index (χ3v) is 16.0. The molecule has 21 nitrogen and oxygen atoms in total. The van der Waals surface area contributed by atoms with E-state index in [4.69, 9.17) is 44.3 Å². The first kappa shape index (κ1) is 72.2. The van der Waals surface area contributed by atoms with Gasteiger partial charge >= 0.3 is 29.2 Å². The molecule has 8 aromatic rings. The van der Waals surface area contributed by atoms with Gasteiger partial charge < -0.3 is 30.2 Å². The second-order valence-corrected chi connectivity index (χ2v) is 24.2. The average Bonchev–Trinajstić information content (AvgIpc) is 1.65. The Morgan fingerprint density at radius 2 is 1.46 bits per heavy atom. The molecule has 494 valence electrons. The van der Waals surface area contributed by atoms with Crippen molar-refractivity contribution in [3.8, 4) is 11.5 Å². The van der Waals surface area contributed by atoms with Gasteiger partial charge in [-0.3, -0.25) is 34.0 Å². The van der Waals surface area contributed by atoms with Crippen LogP contribution in [0.1, 0.15) is 51.6 Å². The van der Waals surface area contributed by atoms with Gasteiger partial charge in [-0.1, -0.05) is 95.5 Å². The van der Waals surface area contributed by atoms with Crippen molar-refractivity contribution in [1.29, 1.82) is 0 Å². The van der Waals surface area contributed by atoms with Crippen LogP contribution in [0, 0.1) is 15.9 Å². The highest BCUT2D eigenvalue weighted by Crippen LogP contribution is 2.40. The fourth-order valence-corrected chi connectivity index (χ4v) is 11.2. The zero-order valence-electron chi connectivity index (χ0n) is 48.7. The smallest absolute Gasteiger partial charge is 0.416 e. The lowest BCUT2D eigenvalue weighted by atomic mass is 9.96. The van der Waals surface area contributed by atoms with Crippen LogP contribution in [0.2, 0.25) is 15.2 Å². The Morgan fingerprint density at radius 3 is 2.07 bits per heavy atom. The number of ketones is 1. The predicted molar refractivity (Wildman–Crippen MR) is 338 cm³/mol. The molecule has 3 amide bonds. The van der Waals surface area contributed by atoms with Gasteiger partial charge in [0.05, 0.1) is 50.8 Å². The van der Waals surface area contributed by atoms with E-state index in [1.54, 1.807) is 69.7 Å². The van der Waals surface area contributed by atoms with Crippen LogP contribution < -0.4 is 35.1 Å². The van der Waals surface area contributed by atoms with E-state index in [1.807, 2.05) is 24.3 Å². The number of esters is 1. The molecule has 0 saturated heterocycles. The van der Waals surface area contributed by atoms with Gasteiger partial charge in [-0.05, 0) is 103 Å². The number of ether oxygens (including phenoxy) is 3. The Bertz CT molecular complexity index is 4410. The van der Waals surface area contributed by atoms with E-state index in [0.717, 1.165) is 84.1 Å². The summed E-state index contributed by atoms with van der Waals surface area (Å²) in [5, 5.41) is 19.3. The van der Waals surface area contributed by atoms with Crippen LogP contribution in [0.15, 0.2) is 172 Å². The first-order valence-electron chi connectivity index (χ1n) is 26.9. The number of methoxy groups -OCH3 is 1. The number of nitrogens with zero attached hydrogens (tertiary/aromatic N) is 5. The molecular weight excluding hydrogens is 1370 g/mol. The average molecular weight is 1420 g/mol. The van der Waals surface area contributed by atoms with Gasteiger partial charge in [0, 0.05) is 60.3 Å². The molecule has 2 aromatic heterocycles. The Labute approximate surface area is 552 Å². The zero-order chi connectivity index (χ0) is 68.7. The molecule has 6 aromatic carbocycles. The monoisotopic (exact) mass is 1420 g/mol. The number of hydrogen-bond donors (Lipinski definition) is 4. The maximum absolute atomic E-state index is 14.3. The molecule has 2 aliphatic heterocycles. The molecule has 0 saturated carbocycles. The Morgan fingerprint density at radius 1 is 0.809 bits per heavy atom. The number of fused-ring (bicyclic) bond motifs is 1. The highest BCUT2D eigenvalue weighted by Gasteiger charge is 2.38. The van der Waals surface area contributed by atoms with Crippen LogP contribution in [0.5, 0.6) is 11.5 Å². The summed E-state index contributed by atoms with van der Waals surface area (Å²) in [6.45, 7) is 1.32. The van der Waals surface area contributed by atoms with Crippen molar-refractivity contribution in [3.05, 3.63) is 231 Å². The lowest BCUT2D eigenvalue weighted by molar-refractivity contribution is -0.385. The van der Waals surface area contributed by atoms with Gasteiger partial charge in [-0.15, -0.1) is 11.8 Å². The number of thioether (sulfide) groups is 1. The number of nitro benzene ring substituents is 1. The second-order valence-electron chi connectivity index (χ2n) is 19.3. The second kappa shape index (κ2) is 32.0. The summed E-state index contributed by atoms with van der Waals surface area (Å²) in [6.07, 6.45) is -5.85. The van der Waals surface area contributed by atoms with Gasteiger partial charge in [-0.2, -0.15) is 26.3 Å². The minimum Gasteiger partial charge on any atom is -0.468 e. The number of aromatic nitrogens is 3. The maximum atomic E-state index is 14.3. The summed E-state index contributed by atoms with van der Waals surface area (Å²) < 4.78 is 134. The SMILES string of the molecule is CNC1=C(c2cccc(C(F)(F)F)c2)C(=O)C(c2ccccc2)O1.COC(=O)CSc1cc(N=c2sc(=O)n3n2CCCC3)c(F)cc1Cl.CS(=O)(=O)NC(=O)c1cc(Oc2ccc(C(F)(F)F)cc2Cl)ccc1[N+](=O)[O-].O=C(Nc1ccccc1)Nc1ccnc(Cl)c1. The molecule has 1 atom stereocenters. The lowest BCUT2D eigenvalue weighted by Gasteiger charge is -2.15. The number of rotatable bonds is 14. The van der Waals surface area contributed by atoms with Crippen molar-refractivity contribution in [1.82, 2.24) is 24.4 Å². The Kier molecular flexibility index (Phi) is 24.6. The predicted octanol–water partition coefficient (Wildman–Crippen LogP) is 13.9. The lowest BCUT2D eigenvalue weighted by Crippen LogP contribution is -2.31. The molecule has 0 aliphatic carbocycles. The summed E-state index contributed by atoms with van der Waals surface area (Å²) in [5.41, 5.74) is -0.793. The van der Waals surface area contributed by atoms with Crippen molar-refractivity contribution in [2.24, 2.45) is 4.99 Å². The number of Topliss-reactive ketones (excluding diaryl/α,β-unsaturated/α-hetero) is 1. The molecule has 0 spiro atoms. The van der Waals surface area contributed by atoms with E-state index in [-0.39, 0.29) is 61.7 Å². The minimum atomic E-state index is -4.62. The largest absolute Gasteiger partial charge is 0.468 e. The number of benzene rings is 6. The fraction of sp³-hybridized carbons (Fsp3) is 0.183. The van der Waals surface area contributed by atoms with Crippen molar-refractivity contribution in [2.45, 2.75) is 49.3 Å². The number of amides is 3. The summed E-state index contributed by atoms with van der Waals surface area (Å²) in [4.78, 5) is 78.8. The zero-order valence-corrected chi connectivity index (χ0v) is 53.4. The molecule has 1 unspecified atom stereocenters. The highest BCUT2D eigenvalue weighted by atomic mass is 35.5. The van der Waals surface area contributed by atoms with Crippen LogP contribution in [-0.2, 0) is 54.5 Å². The first-order valence-corrected chi connectivity index (χ1v) is 31.7. The van der Waals surface area contributed by atoms with E-state index < -0.39 is 78.5 Å². The molecule has 2 aliphatic rings. The number of nitro groups is 1. The quantitative estimate of drug-likeness (QED) is 0.0197. The van der Waals surface area contributed by atoms with Gasteiger partial charge in [-0.25, -0.2) is 37.0 Å². The van der Waals surface area contributed by atoms with Crippen molar-refractivity contribution in [2.75, 3.05) is 36.8 Å². The number of sulfonamides is 1. The van der Waals surface area contributed by atoms with Crippen LogP contribution in [-0.4, -0.2) is 77.5 Å². The van der Waals surface area contributed by atoms with E-state index in [0.29, 0.717) is 57.6 Å². The summed E-state index contributed by atoms with van der Waals surface area (Å²) in [5.74, 6) is -2.80. The number of nitrogens with one attached hydrogen (secondary N) is 4. The molecule has 10 rings (SSSR count). The fourth-order valence-electron chi connectivity index (χ4n) is 8.38. The Hall–Kier alpha value is -9.27. The topological polar surface area (TPSA) is 274 Å². The van der Waals surface area contributed by atoms with Crippen molar-refractivity contribution in [3.63, 3.8) is 0 Å². The molecule has 0 bridgehead atoms. The normalized spacial score (nSPS) is 13.6. The van der Waals surface area contributed by atoms with E-state index in [9.17, 15) is 73.2 Å². The number of alkyl halides is 6. The number of urea groups is 1. The summed E-state index contributed by atoms with van der Waals surface area (Å²) in [7, 11) is -1.15. The first-order chi connectivity index (χ1) is 44.4. The number of hydrogen-bond acceptors (Lipinski definition) is 17.